The summed E-state index contributed by atoms with van der Waals surface area (Å²) in [6.07, 6.45) is 3.32. The molecular weight excluding hydrogens is 328 g/mol. The molecular formula is C16H20N4O3S. The Kier molecular flexibility index (Phi) is 5.97. The van der Waals surface area contributed by atoms with Gasteiger partial charge in [0.25, 0.3) is 0 Å². The van der Waals surface area contributed by atoms with Crippen molar-refractivity contribution in [3.8, 4) is 0 Å². The Morgan fingerprint density at radius 3 is 2.75 bits per heavy atom. The van der Waals surface area contributed by atoms with Gasteiger partial charge in [-0.25, -0.2) is 4.79 Å². The van der Waals surface area contributed by atoms with Crippen LogP contribution in [0.1, 0.15) is 39.0 Å². The molecule has 2 rings (SSSR count). The number of allylic oxidation sites excluding steroid dienone is 1. The van der Waals surface area contributed by atoms with E-state index in [9.17, 15) is 9.59 Å². The highest BCUT2D eigenvalue weighted by Gasteiger charge is 2.25. The number of Topliss-reactive ketones (excluding diaryl/α,β-unsaturated/α-hetero) is 1. The zero-order valence-electron chi connectivity index (χ0n) is 14.0. The summed E-state index contributed by atoms with van der Waals surface area (Å²) in [6, 6.07) is 0. The number of aromatic amines is 1. The number of rotatable bonds is 8. The maximum atomic E-state index is 12.6. The van der Waals surface area contributed by atoms with Crippen molar-refractivity contribution < 1.29 is 14.3 Å². The highest BCUT2D eigenvalue weighted by Crippen LogP contribution is 2.23. The van der Waals surface area contributed by atoms with Crippen molar-refractivity contribution in [1.82, 2.24) is 19.7 Å². The van der Waals surface area contributed by atoms with E-state index in [1.54, 1.807) is 37.7 Å². The lowest BCUT2D eigenvalue weighted by Gasteiger charge is -2.06. The number of nitrogens with one attached hydrogen (secondary N) is 1. The summed E-state index contributed by atoms with van der Waals surface area (Å²) in [5.74, 6) is -0.485. The van der Waals surface area contributed by atoms with Crippen LogP contribution in [-0.2, 0) is 11.3 Å². The summed E-state index contributed by atoms with van der Waals surface area (Å²) < 4.78 is 6.86. The number of nitrogens with zero attached hydrogens (tertiary/aromatic N) is 3. The molecule has 0 radical (unpaired) electrons. The quantitative estimate of drug-likeness (QED) is 0.341. The number of esters is 1. The number of aryl methyl sites for hydroxylation is 2. The van der Waals surface area contributed by atoms with Crippen molar-refractivity contribution in [3.05, 3.63) is 41.5 Å². The Morgan fingerprint density at radius 2 is 2.08 bits per heavy atom. The van der Waals surface area contributed by atoms with Crippen LogP contribution in [0.25, 0.3) is 0 Å². The lowest BCUT2D eigenvalue weighted by molar-refractivity contribution is 0.0522. The zero-order valence-corrected chi connectivity index (χ0v) is 14.8. The van der Waals surface area contributed by atoms with E-state index in [4.69, 9.17) is 4.74 Å². The number of hydrogen-bond donors (Lipinski definition) is 1. The SMILES string of the molecule is C=CCn1cnnc1SCC(=O)c1c(C)[nH]c(C)c1C(=O)OCC. The average molecular weight is 348 g/mol. The van der Waals surface area contributed by atoms with Crippen molar-refractivity contribution in [2.45, 2.75) is 32.5 Å². The van der Waals surface area contributed by atoms with Gasteiger partial charge in [0.1, 0.15) is 6.33 Å². The Hall–Kier alpha value is -2.35. The maximum Gasteiger partial charge on any atom is 0.340 e. The third-order valence-corrected chi connectivity index (χ3v) is 4.35. The predicted octanol–water partition coefficient (Wildman–Crippen LogP) is 2.56. The molecule has 0 bridgehead atoms. The van der Waals surface area contributed by atoms with Crippen LogP contribution in [-0.4, -0.2) is 43.9 Å². The Morgan fingerprint density at radius 1 is 1.38 bits per heavy atom. The fraction of sp³-hybridized carbons (Fsp3) is 0.375. The zero-order chi connectivity index (χ0) is 17.7. The van der Waals surface area contributed by atoms with Gasteiger partial charge in [-0.2, -0.15) is 0 Å². The predicted molar refractivity (Wildman–Crippen MR) is 91.5 cm³/mol. The van der Waals surface area contributed by atoms with Crippen molar-refractivity contribution in [3.63, 3.8) is 0 Å². The molecule has 0 spiro atoms. The Labute approximate surface area is 144 Å². The van der Waals surface area contributed by atoms with E-state index in [0.29, 0.717) is 34.2 Å². The molecule has 0 saturated heterocycles. The molecule has 24 heavy (non-hydrogen) atoms. The molecule has 1 N–H and O–H groups in total. The molecule has 0 aliphatic carbocycles. The first-order valence-corrected chi connectivity index (χ1v) is 8.49. The third kappa shape index (κ3) is 3.76. The van der Waals surface area contributed by atoms with Gasteiger partial charge in [-0.1, -0.05) is 17.8 Å². The first kappa shape index (κ1) is 18.0. The molecule has 0 saturated carbocycles. The summed E-state index contributed by atoms with van der Waals surface area (Å²) in [6.45, 7) is 9.76. The molecule has 2 aromatic rings. The van der Waals surface area contributed by atoms with Crippen molar-refractivity contribution >= 4 is 23.5 Å². The number of H-pyrrole nitrogens is 1. The molecule has 128 valence electrons. The highest BCUT2D eigenvalue weighted by atomic mass is 32.2. The van der Waals surface area contributed by atoms with Crippen molar-refractivity contribution in [2.75, 3.05) is 12.4 Å². The minimum atomic E-state index is -0.484. The van der Waals surface area contributed by atoms with E-state index >= 15 is 0 Å². The maximum absolute atomic E-state index is 12.6. The Balaban J connectivity index is 2.19. The third-order valence-electron chi connectivity index (χ3n) is 3.37. The van der Waals surface area contributed by atoms with Gasteiger partial charge in [0.15, 0.2) is 10.9 Å². The van der Waals surface area contributed by atoms with E-state index in [1.165, 1.54) is 11.8 Å². The molecule has 0 atom stereocenters. The van der Waals surface area contributed by atoms with Gasteiger partial charge in [-0.05, 0) is 20.8 Å². The normalized spacial score (nSPS) is 10.6. The summed E-state index contributed by atoms with van der Waals surface area (Å²) in [5, 5.41) is 8.46. The van der Waals surface area contributed by atoms with Crippen LogP contribution in [0.2, 0.25) is 0 Å². The molecule has 0 unspecified atom stereocenters. The monoisotopic (exact) mass is 348 g/mol. The van der Waals surface area contributed by atoms with Gasteiger partial charge in [0.2, 0.25) is 0 Å². The van der Waals surface area contributed by atoms with Crippen LogP contribution in [0.5, 0.6) is 0 Å². The summed E-state index contributed by atoms with van der Waals surface area (Å²) in [7, 11) is 0. The van der Waals surface area contributed by atoms with Gasteiger partial charge in [0, 0.05) is 17.9 Å². The van der Waals surface area contributed by atoms with Gasteiger partial charge < -0.3 is 14.3 Å². The number of thioether (sulfide) groups is 1. The highest BCUT2D eigenvalue weighted by molar-refractivity contribution is 7.99. The van der Waals surface area contributed by atoms with E-state index in [1.807, 2.05) is 0 Å². The lowest BCUT2D eigenvalue weighted by Crippen LogP contribution is -2.13. The second kappa shape index (κ2) is 7.96. The largest absolute Gasteiger partial charge is 0.462 e. The van der Waals surface area contributed by atoms with E-state index in [2.05, 4.69) is 21.8 Å². The second-order valence-corrected chi connectivity index (χ2v) is 6.05. The molecule has 8 heteroatoms. The summed E-state index contributed by atoms with van der Waals surface area (Å²) in [4.78, 5) is 27.8. The van der Waals surface area contributed by atoms with Crippen LogP contribution < -0.4 is 0 Å². The van der Waals surface area contributed by atoms with E-state index < -0.39 is 5.97 Å². The van der Waals surface area contributed by atoms with E-state index in [-0.39, 0.29) is 18.1 Å². The molecule has 0 fully saturated rings. The molecule has 0 aromatic carbocycles. The minimum absolute atomic E-state index is 0.153. The average Bonchev–Trinajstić information content (AvgIpc) is 3.09. The molecule has 0 aliphatic heterocycles. The number of carbonyl (C=O) groups excluding carboxylic acids is 2. The number of ketones is 1. The first-order valence-electron chi connectivity index (χ1n) is 7.50. The topological polar surface area (TPSA) is 89.9 Å². The van der Waals surface area contributed by atoms with Crippen LogP contribution in [0.3, 0.4) is 0 Å². The van der Waals surface area contributed by atoms with Gasteiger partial charge >= 0.3 is 5.97 Å². The number of hydrogen-bond acceptors (Lipinski definition) is 6. The van der Waals surface area contributed by atoms with Crippen LogP contribution in [0.4, 0.5) is 0 Å². The Bertz CT molecular complexity index is 763. The molecule has 7 nitrogen and oxygen atoms in total. The van der Waals surface area contributed by atoms with Gasteiger partial charge in [-0.15, -0.1) is 16.8 Å². The standard InChI is InChI=1S/C16H20N4O3S/c1-5-7-20-9-17-19-16(20)24-8-12(21)13-10(3)18-11(4)14(13)15(22)23-6-2/h5,9,18H,1,6-8H2,2-4H3. The van der Waals surface area contributed by atoms with Crippen LogP contribution in [0.15, 0.2) is 24.1 Å². The fourth-order valence-corrected chi connectivity index (χ4v) is 3.21. The number of aromatic nitrogens is 4. The molecule has 0 aliphatic rings. The van der Waals surface area contributed by atoms with Crippen molar-refractivity contribution in [2.24, 2.45) is 0 Å². The number of carbonyl (C=O) groups is 2. The molecule has 2 heterocycles. The summed E-state index contributed by atoms with van der Waals surface area (Å²) in [5.41, 5.74) is 1.99. The smallest absolute Gasteiger partial charge is 0.340 e. The number of ether oxygens (including phenoxy) is 1. The van der Waals surface area contributed by atoms with Gasteiger partial charge in [-0.3, -0.25) is 4.79 Å². The molecule has 2 aromatic heterocycles. The van der Waals surface area contributed by atoms with Crippen LogP contribution >= 0.6 is 11.8 Å². The minimum Gasteiger partial charge on any atom is -0.462 e. The lowest BCUT2D eigenvalue weighted by atomic mass is 10.1. The van der Waals surface area contributed by atoms with Gasteiger partial charge in [0.05, 0.1) is 23.5 Å². The first-order chi connectivity index (χ1) is 11.5. The van der Waals surface area contributed by atoms with Crippen molar-refractivity contribution in [1.29, 1.82) is 0 Å². The van der Waals surface area contributed by atoms with Crippen LogP contribution in [0, 0.1) is 13.8 Å². The molecule has 0 amide bonds. The second-order valence-electron chi connectivity index (χ2n) is 5.11. The fourth-order valence-electron chi connectivity index (χ4n) is 2.41. The van der Waals surface area contributed by atoms with E-state index in [0.717, 1.165) is 0 Å². The summed E-state index contributed by atoms with van der Waals surface area (Å²) >= 11 is 1.27.